The van der Waals surface area contributed by atoms with Gasteiger partial charge in [-0.2, -0.15) is 0 Å². The number of aryl methyl sites for hydroxylation is 1. The van der Waals surface area contributed by atoms with Gasteiger partial charge in [0, 0.05) is 28.2 Å². The van der Waals surface area contributed by atoms with Gasteiger partial charge in [0.1, 0.15) is 21.7 Å². The van der Waals surface area contributed by atoms with Crippen LogP contribution in [0.5, 0.6) is 5.75 Å². The van der Waals surface area contributed by atoms with Gasteiger partial charge in [0.2, 0.25) is 10.0 Å². The predicted octanol–water partition coefficient (Wildman–Crippen LogP) is 10.8. The molecule has 3 aromatic carbocycles. The molecule has 0 radical (unpaired) electrons. The number of hydrogen-bond acceptors (Lipinski definition) is 14. The van der Waals surface area contributed by atoms with Crippen LogP contribution in [0.15, 0.2) is 119 Å². The summed E-state index contributed by atoms with van der Waals surface area (Å²) < 4.78 is 32.3. The number of carboxylic acid groups (broad SMARTS) is 6. The lowest BCUT2D eigenvalue weighted by molar-refractivity contribution is -0.167. The van der Waals surface area contributed by atoms with Crippen molar-refractivity contribution in [2.24, 2.45) is 16.8 Å². The summed E-state index contributed by atoms with van der Waals surface area (Å²) >= 11 is 6.22. The molecule has 0 spiro atoms. The van der Waals surface area contributed by atoms with E-state index in [1.54, 1.807) is 63.4 Å². The minimum atomic E-state index is -3.69. The van der Waals surface area contributed by atoms with Gasteiger partial charge in [-0.1, -0.05) is 116 Å². The Balaban J connectivity index is 0.000000955. The number of primary sulfonamides is 1. The number of carbonyl (C=O) groups is 7. The van der Waals surface area contributed by atoms with Gasteiger partial charge in [-0.3, -0.25) is 14.4 Å². The molecule has 24 heteroatoms. The second-order valence-corrected chi connectivity index (χ2v) is 21.6. The number of halogens is 2. The van der Waals surface area contributed by atoms with E-state index >= 15 is 0 Å². The molecule has 21 nitrogen and oxygen atoms in total. The molecule has 0 saturated carbocycles. The lowest BCUT2D eigenvalue weighted by Crippen LogP contribution is -2.32. The van der Waals surface area contributed by atoms with E-state index in [2.05, 4.69) is 48.8 Å². The molecule has 0 bridgehead atoms. The number of esters is 1. The lowest BCUT2D eigenvalue weighted by Gasteiger charge is -2.22. The first-order valence-corrected chi connectivity index (χ1v) is 28.3. The van der Waals surface area contributed by atoms with Crippen LogP contribution in [-0.4, -0.2) is 115 Å². The Kier molecular flexibility index (Phi) is 36.3. The molecule has 2 aromatic heterocycles. The van der Waals surface area contributed by atoms with Crippen LogP contribution >= 0.6 is 31.9 Å². The fraction of sp³-hybridized carbons (Fsp3) is 0.351. The Labute approximate surface area is 488 Å². The molecule has 0 fully saturated rings. The molecular weight excluding hydrogens is 1200 g/mol. The standard InChI is InChI=1S/C13H25NO4.C10H10O2.C9H6N2O2.C9H9NO4S.C8H7BrO3.C8H15BrO2/c1-13(2,3)18-12(17)10(11(15)16)8-6-4-5-7-9-14;1-8-3-2-4-9(7-8)5-6-10(11)12;12-9(13)7-4-3-6-2-1-5-10-8(6)11-7;10-15(13,14)8-4-1-7(2-5-8)3-6-9(11)12;1-12-6-4-2-3-5(9)7(6)8(10)11;1-2-3-4-5-6-7(9)8(10)11/h10H,4-9,14H2,1-3H3,(H,15,16);2-7H,1H3,(H,11,12);1-5H,(H,12,13);1-6H,(H,11,12)(H2,10,13,14);2-4H,1H3,(H,10,11);7H,2-6H2,1H3,(H,10,11). The van der Waals surface area contributed by atoms with Gasteiger partial charge in [-0.15, -0.1) is 0 Å². The fourth-order valence-electron chi connectivity index (χ4n) is 6.27. The van der Waals surface area contributed by atoms with Crippen LogP contribution in [-0.2, 0) is 38.7 Å². The Hall–Kier alpha value is -7.38. The number of carbonyl (C=O) groups excluding carboxylic acids is 1. The number of nitrogens with two attached hydrogens (primary N) is 2. The maximum Gasteiger partial charge on any atom is 0.354 e. The summed E-state index contributed by atoms with van der Waals surface area (Å²) in [7, 11) is -2.25. The number of alkyl halides is 1. The summed E-state index contributed by atoms with van der Waals surface area (Å²) in [5.41, 5.74) is 7.98. The first-order chi connectivity index (χ1) is 38.0. The van der Waals surface area contributed by atoms with Crippen LogP contribution in [0.1, 0.15) is 129 Å². The van der Waals surface area contributed by atoms with E-state index in [4.69, 9.17) is 51.0 Å². The molecule has 0 amide bonds. The fourth-order valence-corrected chi connectivity index (χ4v) is 7.62. The molecule has 0 saturated heterocycles. The molecule has 5 aromatic rings. The Morgan fingerprint density at radius 1 is 0.704 bits per heavy atom. The molecule has 81 heavy (non-hydrogen) atoms. The summed E-state index contributed by atoms with van der Waals surface area (Å²) in [6, 6.07) is 25.0. The van der Waals surface area contributed by atoms with Crippen molar-refractivity contribution >= 4 is 107 Å². The van der Waals surface area contributed by atoms with Gasteiger partial charge in [0.25, 0.3) is 0 Å². The molecular formula is C57H72Br2N4O17S. The van der Waals surface area contributed by atoms with Gasteiger partial charge in [-0.25, -0.2) is 42.7 Å². The maximum absolute atomic E-state index is 11.7. The summed E-state index contributed by atoms with van der Waals surface area (Å²) in [6.07, 6.45) is 15.7. The van der Waals surface area contributed by atoms with Gasteiger partial charge < -0.3 is 45.8 Å². The number of benzene rings is 3. The number of aromatic nitrogens is 2. The highest BCUT2D eigenvalue weighted by Crippen LogP contribution is 2.26. The van der Waals surface area contributed by atoms with E-state index < -0.39 is 63.3 Å². The van der Waals surface area contributed by atoms with Crippen molar-refractivity contribution in [2.45, 2.75) is 114 Å². The van der Waals surface area contributed by atoms with Crippen molar-refractivity contribution in [1.29, 1.82) is 0 Å². The second-order valence-electron chi connectivity index (χ2n) is 18.1. The predicted molar refractivity (Wildman–Crippen MR) is 315 cm³/mol. The van der Waals surface area contributed by atoms with E-state index in [0.29, 0.717) is 40.8 Å². The number of nitrogens with zero attached hydrogens (tertiary/aromatic N) is 2. The molecule has 10 N–H and O–H groups in total. The summed E-state index contributed by atoms with van der Waals surface area (Å²) in [5.74, 6) is -7.22. The second kappa shape index (κ2) is 39.9. The molecule has 0 aliphatic carbocycles. The van der Waals surface area contributed by atoms with Crippen LogP contribution in [0, 0.1) is 12.8 Å². The Bertz CT molecular complexity index is 2970. The number of unbranched alkanes of at least 4 members (excludes halogenated alkanes) is 6. The van der Waals surface area contributed by atoms with Crippen LogP contribution in [0.2, 0.25) is 0 Å². The number of methoxy groups -OCH3 is 1. The third kappa shape index (κ3) is 34.4. The van der Waals surface area contributed by atoms with E-state index in [9.17, 15) is 42.0 Å². The van der Waals surface area contributed by atoms with E-state index in [1.165, 1.54) is 56.4 Å². The minimum Gasteiger partial charge on any atom is -0.496 e. The van der Waals surface area contributed by atoms with Gasteiger partial charge in [-0.05, 0) is 141 Å². The number of pyridine rings is 2. The van der Waals surface area contributed by atoms with Crippen molar-refractivity contribution in [2.75, 3.05) is 13.7 Å². The third-order valence-corrected chi connectivity index (χ3v) is 12.6. The van der Waals surface area contributed by atoms with Crippen LogP contribution in [0.25, 0.3) is 23.2 Å². The van der Waals surface area contributed by atoms with E-state index in [1.807, 2.05) is 37.3 Å². The highest BCUT2D eigenvalue weighted by Gasteiger charge is 2.30. The number of aliphatic carboxylic acids is 4. The smallest absolute Gasteiger partial charge is 0.354 e. The molecule has 0 aliphatic rings. The molecule has 2 atom stereocenters. The first-order valence-electron chi connectivity index (χ1n) is 25.0. The number of fused-ring (bicyclic) bond motifs is 1. The lowest BCUT2D eigenvalue weighted by atomic mass is 10.0. The normalized spacial score (nSPS) is 11.4. The Morgan fingerprint density at radius 3 is 1.78 bits per heavy atom. The van der Waals surface area contributed by atoms with Crippen LogP contribution in [0.3, 0.4) is 0 Å². The number of rotatable bonds is 22. The summed E-state index contributed by atoms with van der Waals surface area (Å²) in [4.78, 5) is 82.1. The van der Waals surface area contributed by atoms with Crippen molar-refractivity contribution < 1.29 is 82.1 Å². The maximum atomic E-state index is 11.7. The number of aromatic carboxylic acids is 2. The van der Waals surface area contributed by atoms with Crippen molar-refractivity contribution in [3.05, 3.63) is 142 Å². The first kappa shape index (κ1) is 73.6. The highest BCUT2D eigenvalue weighted by molar-refractivity contribution is 9.10. The van der Waals surface area contributed by atoms with Gasteiger partial charge in [0.15, 0.2) is 17.3 Å². The van der Waals surface area contributed by atoms with Crippen LogP contribution < -0.4 is 15.6 Å². The summed E-state index contributed by atoms with van der Waals surface area (Å²) in [6.45, 7) is 9.94. The van der Waals surface area contributed by atoms with Crippen molar-refractivity contribution in [3.63, 3.8) is 0 Å². The van der Waals surface area contributed by atoms with Gasteiger partial charge >= 0.3 is 41.8 Å². The van der Waals surface area contributed by atoms with Crippen molar-refractivity contribution in [3.8, 4) is 5.75 Å². The molecule has 5 rings (SSSR count). The zero-order valence-electron chi connectivity index (χ0n) is 45.9. The highest BCUT2D eigenvalue weighted by atomic mass is 79.9. The largest absolute Gasteiger partial charge is 0.496 e. The van der Waals surface area contributed by atoms with Crippen molar-refractivity contribution in [1.82, 2.24) is 9.97 Å². The van der Waals surface area contributed by atoms with Crippen LogP contribution in [0.4, 0.5) is 0 Å². The topological polar surface area (TPSA) is 371 Å². The number of hydrogen-bond donors (Lipinski definition) is 8. The number of sulfonamides is 1. The van der Waals surface area contributed by atoms with E-state index in [0.717, 1.165) is 67.2 Å². The molecule has 2 unspecified atom stereocenters. The molecule has 2 heterocycles. The molecule has 442 valence electrons. The zero-order valence-corrected chi connectivity index (χ0v) is 49.9. The number of carboxylic acids is 6. The summed E-state index contributed by atoms with van der Waals surface area (Å²) in [5, 5.41) is 57.4. The SMILES string of the molecule is CC(C)(C)OC(=O)C(CCCCCCN)C(=O)O.CCCCCCC(Br)C(=O)O.COc1cccc(Br)c1C(=O)O.Cc1cccc(C=CC(=O)O)c1.NS(=O)(=O)c1ccc(C=CC(=O)O)cc1.O=C(O)c1ccc2cccnc2n1. The van der Waals surface area contributed by atoms with E-state index in [-0.39, 0.29) is 21.0 Å². The Morgan fingerprint density at radius 2 is 1.28 bits per heavy atom. The molecule has 0 aliphatic heterocycles. The quantitative estimate of drug-likeness (QED) is 0.0105. The third-order valence-electron chi connectivity index (χ3n) is 10.2. The monoisotopic (exact) mass is 1270 g/mol. The average Bonchev–Trinajstić information content (AvgIpc) is 3.42. The average molecular weight is 1280 g/mol. The zero-order chi connectivity index (χ0) is 61.7. The minimum absolute atomic E-state index is 0.00465. The van der Waals surface area contributed by atoms with Gasteiger partial charge in [0.05, 0.1) is 12.0 Å². The number of ether oxygens (including phenoxy) is 2.